The van der Waals surface area contributed by atoms with Crippen molar-refractivity contribution < 1.29 is 0 Å². The summed E-state index contributed by atoms with van der Waals surface area (Å²) in [6, 6.07) is 8.45. The number of nitrogens with two attached hydrogens (primary N) is 1. The van der Waals surface area contributed by atoms with Gasteiger partial charge >= 0.3 is 0 Å². The highest BCUT2D eigenvalue weighted by atomic mass is 15.3. The van der Waals surface area contributed by atoms with Crippen LogP contribution < -0.4 is 5.73 Å². The molecule has 0 bridgehead atoms. The molecule has 3 heteroatoms. The standard InChI is InChI=1S/C15H21N3/c1-4-9-18-12(3)15(11(2)17-18)14-7-5-13(10-16)6-8-14/h5-8H,4,9-10,16H2,1-3H3. The molecule has 2 N–H and O–H groups in total. The molecule has 0 spiro atoms. The van der Waals surface area contributed by atoms with Gasteiger partial charge < -0.3 is 5.73 Å². The Balaban J connectivity index is 2.43. The van der Waals surface area contributed by atoms with Crippen LogP contribution in [0.2, 0.25) is 0 Å². The lowest BCUT2D eigenvalue weighted by molar-refractivity contribution is 0.583. The lowest BCUT2D eigenvalue weighted by atomic mass is 10.0. The Morgan fingerprint density at radius 3 is 2.39 bits per heavy atom. The summed E-state index contributed by atoms with van der Waals surface area (Å²) in [4.78, 5) is 0. The number of nitrogens with zero attached hydrogens (tertiary/aromatic N) is 2. The van der Waals surface area contributed by atoms with E-state index in [2.05, 4.69) is 54.8 Å². The van der Waals surface area contributed by atoms with Gasteiger partial charge in [-0.05, 0) is 31.4 Å². The van der Waals surface area contributed by atoms with Gasteiger partial charge in [0.25, 0.3) is 0 Å². The van der Waals surface area contributed by atoms with Crippen molar-refractivity contribution in [2.45, 2.75) is 40.3 Å². The molecule has 0 fully saturated rings. The summed E-state index contributed by atoms with van der Waals surface area (Å²) in [7, 11) is 0. The Kier molecular flexibility index (Phi) is 3.82. The van der Waals surface area contributed by atoms with E-state index in [0.717, 1.165) is 24.2 Å². The molecule has 1 aromatic heterocycles. The average Bonchev–Trinajstić information content (AvgIpc) is 2.65. The Labute approximate surface area is 109 Å². The van der Waals surface area contributed by atoms with E-state index in [9.17, 15) is 0 Å². The van der Waals surface area contributed by atoms with Crippen LogP contribution in [0.3, 0.4) is 0 Å². The normalized spacial score (nSPS) is 10.9. The fourth-order valence-electron chi connectivity index (χ4n) is 2.35. The highest BCUT2D eigenvalue weighted by molar-refractivity contribution is 5.68. The van der Waals surface area contributed by atoms with Crippen molar-refractivity contribution in [3.63, 3.8) is 0 Å². The minimum absolute atomic E-state index is 0.591. The summed E-state index contributed by atoms with van der Waals surface area (Å²) < 4.78 is 2.10. The van der Waals surface area contributed by atoms with Crippen LogP contribution in [0.25, 0.3) is 11.1 Å². The van der Waals surface area contributed by atoms with E-state index in [-0.39, 0.29) is 0 Å². The zero-order valence-electron chi connectivity index (χ0n) is 11.4. The summed E-state index contributed by atoms with van der Waals surface area (Å²) >= 11 is 0. The number of hydrogen-bond donors (Lipinski definition) is 1. The fourth-order valence-corrected chi connectivity index (χ4v) is 2.35. The second-order valence-electron chi connectivity index (χ2n) is 4.67. The van der Waals surface area contributed by atoms with Gasteiger partial charge in [-0.3, -0.25) is 4.68 Å². The van der Waals surface area contributed by atoms with Crippen molar-refractivity contribution in [3.05, 3.63) is 41.2 Å². The number of rotatable bonds is 4. The zero-order valence-corrected chi connectivity index (χ0v) is 11.4. The summed E-state index contributed by atoms with van der Waals surface area (Å²) in [6.07, 6.45) is 1.10. The van der Waals surface area contributed by atoms with Crippen LogP contribution in [0.1, 0.15) is 30.3 Å². The van der Waals surface area contributed by atoms with E-state index in [1.165, 1.54) is 16.8 Å². The Morgan fingerprint density at radius 2 is 1.83 bits per heavy atom. The molecule has 0 aliphatic carbocycles. The summed E-state index contributed by atoms with van der Waals surface area (Å²) in [5, 5.41) is 4.61. The summed E-state index contributed by atoms with van der Waals surface area (Å²) in [6.45, 7) is 7.96. The van der Waals surface area contributed by atoms with Crippen molar-refractivity contribution in [1.29, 1.82) is 0 Å². The molecule has 2 aromatic rings. The SMILES string of the molecule is CCCn1nc(C)c(-c2ccc(CN)cc2)c1C. The number of aromatic nitrogens is 2. The van der Waals surface area contributed by atoms with E-state index >= 15 is 0 Å². The Morgan fingerprint density at radius 1 is 1.17 bits per heavy atom. The topological polar surface area (TPSA) is 43.8 Å². The summed E-state index contributed by atoms with van der Waals surface area (Å²) in [5.74, 6) is 0. The molecular formula is C15H21N3. The number of aryl methyl sites for hydroxylation is 2. The van der Waals surface area contributed by atoms with E-state index in [1.807, 2.05) is 0 Å². The van der Waals surface area contributed by atoms with Crippen LogP contribution in [0.15, 0.2) is 24.3 Å². The third-order valence-corrected chi connectivity index (χ3v) is 3.30. The monoisotopic (exact) mass is 243 g/mol. The molecule has 2 rings (SSSR count). The van der Waals surface area contributed by atoms with Gasteiger partial charge in [0.15, 0.2) is 0 Å². The molecule has 0 saturated heterocycles. The molecule has 18 heavy (non-hydrogen) atoms. The molecule has 0 aliphatic rings. The molecule has 0 saturated carbocycles. The first-order valence-corrected chi connectivity index (χ1v) is 6.50. The quantitative estimate of drug-likeness (QED) is 0.897. The maximum atomic E-state index is 5.63. The molecule has 3 nitrogen and oxygen atoms in total. The maximum Gasteiger partial charge on any atom is 0.0674 e. The van der Waals surface area contributed by atoms with E-state index in [4.69, 9.17) is 5.73 Å². The minimum Gasteiger partial charge on any atom is -0.326 e. The predicted molar refractivity (Wildman–Crippen MR) is 75.3 cm³/mol. The van der Waals surface area contributed by atoms with E-state index in [1.54, 1.807) is 0 Å². The average molecular weight is 243 g/mol. The van der Waals surface area contributed by atoms with Crippen LogP contribution in [0, 0.1) is 13.8 Å². The predicted octanol–water partition coefficient (Wildman–Crippen LogP) is 3.04. The van der Waals surface area contributed by atoms with Gasteiger partial charge in [0.1, 0.15) is 0 Å². The van der Waals surface area contributed by atoms with Gasteiger partial charge in [0, 0.05) is 24.3 Å². The van der Waals surface area contributed by atoms with Gasteiger partial charge in [0.2, 0.25) is 0 Å². The largest absolute Gasteiger partial charge is 0.326 e. The second kappa shape index (κ2) is 5.36. The van der Waals surface area contributed by atoms with Crippen molar-refractivity contribution >= 4 is 0 Å². The van der Waals surface area contributed by atoms with E-state index in [0.29, 0.717) is 6.54 Å². The molecule has 0 amide bonds. The lowest BCUT2D eigenvalue weighted by Gasteiger charge is -2.05. The summed E-state index contributed by atoms with van der Waals surface area (Å²) in [5.41, 5.74) is 11.6. The van der Waals surface area contributed by atoms with Crippen LogP contribution >= 0.6 is 0 Å². The third-order valence-electron chi connectivity index (χ3n) is 3.30. The molecular weight excluding hydrogens is 222 g/mol. The molecule has 0 radical (unpaired) electrons. The van der Waals surface area contributed by atoms with Crippen LogP contribution in [0.5, 0.6) is 0 Å². The molecule has 0 atom stereocenters. The van der Waals surface area contributed by atoms with Crippen LogP contribution in [0.4, 0.5) is 0 Å². The smallest absolute Gasteiger partial charge is 0.0674 e. The maximum absolute atomic E-state index is 5.63. The Hall–Kier alpha value is -1.61. The second-order valence-corrected chi connectivity index (χ2v) is 4.67. The highest BCUT2D eigenvalue weighted by Gasteiger charge is 2.12. The first kappa shape index (κ1) is 12.8. The minimum atomic E-state index is 0.591. The van der Waals surface area contributed by atoms with Gasteiger partial charge in [-0.15, -0.1) is 0 Å². The molecule has 1 aromatic carbocycles. The van der Waals surface area contributed by atoms with Gasteiger partial charge in [-0.25, -0.2) is 0 Å². The molecule has 96 valence electrons. The van der Waals surface area contributed by atoms with Crippen molar-refractivity contribution in [3.8, 4) is 11.1 Å². The molecule has 0 aliphatic heterocycles. The first-order valence-electron chi connectivity index (χ1n) is 6.50. The fraction of sp³-hybridized carbons (Fsp3) is 0.400. The number of hydrogen-bond acceptors (Lipinski definition) is 2. The first-order chi connectivity index (χ1) is 8.67. The van der Waals surface area contributed by atoms with E-state index < -0.39 is 0 Å². The third kappa shape index (κ3) is 2.31. The van der Waals surface area contributed by atoms with Gasteiger partial charge in [-0.2, -0.15) is 5.10 Å². The zero-order chi connectivity index (χ0) is 13.1. The molecule has 0 unspecified atom stereocenters. The van der Waals surface area contributed by atoms with Crippen molar-refractivity contribution in [2.24, 2.45) is 5.73 Å². The Bertz CT molecular complexity index is 523. The molecule has 1 heterocycles. The lowest BCUT2D eigenvalue weighted by Crippen LogP contribution is -2.01. The van der Waals surface area contributed by atoms with Crippen LogP contribution in [-0.2, 0) is 13.1 Å². The number of benzene rings is 1. The van der Waals surface area contributed by atoms with Crippen molar-refractivity contribution in [2.75, 3.05) is 0 Å². The van der Waals surface area contributed by atoms with Gasteiger partial charge in [-0.1, -0.05) is 31.2 Å². The van der Waals surface area contributed by atoms with Gasteiger partial charge in [0.05, 0.1) is 5.69 Å². The highest BCUT2D eigenvalue weighted by Crippen LogP contribution is 2.27. The van der Waals surface area contributed by atoms with Crippen LogP contribution in [-0.4, -0.2) is 9.78 Å². The van der Waals surface area contributed by atoms with Crippen molar-refractivity contribution in [1.82, 2.24) is 9.78 Å².